The van der Waals surface area contributed by atoms with E-state index < -0.39 is 5.91 Å². The first-order valence-electron chi connectivity index (χ1n) is 1.62. The molecule has 0 aromatic rings. The van der Waals surface area contributed by atoms with Crippen LogP contribution in [-0.2, 0) is 9.59 Å². The third kappa shape index (κ3) is 2.93. The molecule has 0 heterocycles. The Hall–Kier alpha value is -0.885. The van der Waals surface area contributed by atoms with E-state index in [0.29, 0.717) is 0 Å². The van der Waals surface area contributed by atoms with E-state index in [1.807, 2.05) is 0 Å². The number of carbonyl (C=O) groups is 1. The minimum atomic E-state index is -0.644. The predicted octanol–water partition coefficient (Wildman–Crippen LogP) is -0.564. The number of rotatable bonds is 1. The van der Waals surface area contributed by atoms with Gasteiger partial charge in [0.25, 0.3) is 0 Å². The number of carbonyl (C=O) groups excluding carboxylic acids is 2. The van der Waals surface area contributed by atoms with Crippen LogP contribution in [0.4, 0.5) is 0 Å². The highest BCUT2D eigenvalue weighted by Gasteiger charge is 1.86. The molecule has 7 heavy (non-hydrogen) atoms. The molecule has 1 amide bonds. The van der Waals surface area contributed by atoms with E-state index in [1.54, 1.807) is 0 Å². The lowest BCUT2D eigenvalue weighted by Crippen LogP contribution is -1.87. The van der Waals surface area contributed by atoms with Crippen molar-refractivity contribution in [2.24, 2.45) is 4.99 Å². The molecule has 0 aromatic carbocycles. The molecule has 0 aromatic heterocycles. The summed E-state index contributed by atoms with van der Waals surface area (Å²) in [6.07, 6.45) is 0.837. The average Bonchev–Trinajstić information content (AvgIpc) is 1.68. The first-order valence-corrected chi connectivity index (χ1v) is 1.62. The van der Waals surface area contributed by atoms with Gasteiger partial charge in [-0.1, -0.05) is 0 Å². The molecular formula is C3H2BNO2. The molecule has 0 aliphatic carbocycles. The fraction of sp³-hybridized carbons (Fsp3) is 0.333. The van der Waals surface area contributed by atoms with Crippen LogP contribution in [0.25, 0.3) is 0 Å². The van der Waals surface area contributed by atoms with Crippen molar-refractivity contribution in [3.05, 3.63) is 0 Å². The maximum Gasteiger partial charge on any atom is 0.247 e. The standard InChI is InChI=1S/C3H2BNO2/c4-1-3(7)5-2-6/h1H2. The van der Waals surface area contributed by atoms with E-state index in [0.717, 1.165) is 6.08 Å². The molecule has 0 saturated carbocycles. The van der Waals surface area contributed by atoms with Gasteiger partial charge in [-0.15, -0.1) is 4.99 Å². The highest BCUT2D eigenvalue weighted by molar-refractivity contribution is 6.20. The summed E-state index contributed by atoms with van der Waals surface area (Å²) in [7, 11) is 4.74. The number of hydrogen-bond donors (Lipinski definition) is 0. The highest BCUT2D eigenvalue weighted by atomic mass is 16.2. The minimum Gasteiger partial charge on any atom is -0.273 e. The van der Waals surface area contributed by atoms with Gasteiger partial charge in [-0.05, 0) is 6.32 Å². The van der Waals surface area contributed by atoms with Crippen molar-refractivity contribution in [3.63, 3.8) is 0 Å². The monoisotopic (exact) mass is 95.0 g/mol. The Morgan fingerprint density at radius 2 is 2.43 bits per heavy atom. The normalized spacial score (nSPS) is 6.86. The summed E-state index contributed by atoms with van der Waals surface area (Å²) in [6, 6.07) is 0. The quantitative estimate of drug-likeness (QED) is 0.249. The summed E-state index contributed by atoms with van der Waals surface area (Å²) in [6.45, 7) is 0. The average molecular weight is 94.9 g/mol. The van der Waals surface area contributed by atoms with Crippen molar-refractivity contribution in [1.29, 1.82) is 0 Å². The number of isocyanates is 1. The topological polar surface area (TPSA) is 46.5 Å². The molecule has 0 saturated heterocycles. The first kappa shape index (κ1) is 6.11. The van der Waals surface area contributed by atoms with Crippen molar-refractivity contribution < 1.29 is 9.59 Å². The lowest BCUT2D eigenvalue weighted by atomic mass is 10.1. The minimum absolute atomic E-state index is 0.227. The van der Waals surface area contributed by atoms with Gasteiger partial charge in [0.05, 0.1) is 7.85 Å². The summed E-state index contributed by atoms with van der Waals surface area (Å²) in [4.78, 5) is 21.7. The van der Waals surface area contributed by atoms with Crippen molar-refractivity contribution in [2.45, 2.75) is 6.32 Å². The van der Waals surface area contributed by atoms with E-state index in [-0.39, 0.29) is 6.32 Å². The molecule has 0 spiro atoms. The number of nitrogens with zero attached hydrogens (tertiary/aromatic N) is 1. The zero-order chi connectivity index (χ0) is 5.70. The van der Waals surface area contributed by atoms with E-state index in [1.165, 1.54) is 0 Å². The van der Waals surface area contributed by atoms with Crippen molar-refractivity contribution in [3.8, 4) is 0 Å². The maximum atomic E-state index is 9.86. The molecule has 0 atom stereocenters. The third-order valence-corrected chi connectivity index (χ3v) is 0.345. The lowest BCUT2D eigenvalue weighted by molar-refractivity contribution is -0.115. The molecular weight excluding hydrogens is 92.8 g/mol. The van der Waals surface area contributed by atoms with Crippen LogP contribution in [0.2, 0.25) is 6.32 Å². The Morgan fingerprint density at radius 1 is 1.86 bits per heavy atom. The van der Waals surface area contributed by atoms with Gasteiger partial charge in [0.15, 0.2) is 0 Å². The molecule has 4 heteroatoms. The second-order valence-electron chi connectivity index (χ2n) is 0.801. The van der Waals surface area contributed by atoms with Gasteiger partial charge < -0.3 is 0 Å². The SMILES string of the molecule is [B]CC(=O)N=C=O. The third-order valence-electron chi connectivity index (χ3n) is 0.345. The van der Waals surface area contributed by atoms with Gasteiger partial charge in [-0.25, -0.2) is 4.79 Å². The molecule has 0 rings (SSSR count). The van der Waals surface area contributed by atoms with Gasteiger partial charge in [-0.2, -0.15) is 0 Å². The Bertz CT molecular complexity index is 116. The second kappa shape index (κ2) is 3.31. The van der Waals surface area contributed by atoms with Crippen LogP contribution in [-0.4, -0.2) is 19.8 Å². The number of hydrogen-bond acceptors (Lipinski definition) is 2. The van der Waals surface area contributed by atoms with Gasteiger partial charge >= 0.3 is 0 Å². The fourth-order valence-corrected chi connectivity index (χ4v) is 0.0966. The Balaban J connectivity index is 3.58. The fourth-order valence-electron chi connectivity index (χ4n) is 0.0966. The summed E-state index contributed by atoms with van der Waals surface area (Å²) < 4.78 is 0. The van der Waals surface area contributed by atoms with Gasteiger partial charge in [0.1, 0.15) is 0 Å². The molecule has 0 unspecified atom stereocenters. The van der Waals surface area contributed by atoms with Crippen LogP contribution in [0, 0.1) is 0 Å². The Morgan fingerprint density at radius 3 is 2.57 bits per heavy atom. The summed E-state index contributed by atoms with van der Waals surface area (Å²) in [5.41, 5.74) is 0. The predicted molar refractivity (Wildman–Crippen MR) is 23.7 cm³/mol. The van der Waals surface area contributed by atoms with Crippen molar-refractivity contribution in [2.75, 3.05) is 0 Å². The van der Waals surface area contributed by atoms with Crippen LogP contribution in [0.1, 0.15) is 0 Å². The van der Waals surface area contributed by atoms with E-state index >= 15 is 0 Å². The van der Waals surface area contributed by atoms with Gasteiger partial charge in [-0.3, -0.25) is 4.79 Å². The van der Waals surface area contributed by atoms with E-state index in [2.05, 4.69) is 4.99 Å². The Labute approximate surface area is 41.8 Å². The first-order chi connectivity index (χ1) is 3.31. The molecule has 0 aliphatic heterocycles. The molecule has 34 valence electrons. The van der Waals surface area contributed by atoms with Crippen LogP contribution in [0.5, 0.6) is 0 Å². The van der Waals surface area contributed by atoms with E-state index in [9.17, 15) is 9.59 Å². The highest BCUT2D eigenvalue weighted by Crippen LogP contribution is 1.74. The van der Waals surface area contributed by atoms with Crippen molar-refractivity contribution in [1.82, 2.24) is 0 Å². The maximum absolute atomic E-state index is 9.86. The molecule has 3 nitrogen and oxygen atoms in total. The smallest absolute Gasteiger partial charge is 0.247 e. The molecule has 0 N–H and O–H groups in total. The largest absolute Gasteiger partial charge is 0.273 e. The summed E-state index contributed by atoms with van der Waals surface area (Å²) in [5, 5.41) is 0. The molecule has 0 fully saturated rings. The zero-order valence-corrected chi connectivity index (χ0v) is 3.55. The van der Waals surface area contributed by atoms with Crippen LogP contribution >= 0.6 is 0 Å². The molecule has 0 aliphatic rings. The lowest BCUT2D eigenvalue weighted by Gasteiger charge is -1.73. The van der Waals surface area contributed by atoms with Crippen LogP contribution in [0.15, 0.2) is 4.99 Å². The van der Waals surface area contributed by atoms with Crippen LogP contribution < -0.4 is 0 Å². The molecule has 2 radical (unpaired) electrons. The number of aliphatic imine (C=N–C) groups is 1. The second-order valence-corrected chi connectivity index (χ2v) is 0.801. The number of amides is 1. The summed E-state index contributed by atoms with van der Waals surface area (Å²) >= 11 is 0. The van der Waals surface area contributed by atoms with Crippen LogP contribution in [0.3, 0.4) is 0 Å². The van der Waals surface area contributed by atoms with E-state index in [4.69, 9.17) is 7.85 Å². The molecule has 0 bridgehead atoms. The van der Waals surface area contributed by atoms with Gasteiger partial charge in [0.2, 0.25) is 12.0 Å². The Kier molecular flexibility index (Phi) is 2.89. The zero-order valence-electron chi connectivity index (χ0n) is 3.55. The van der Waals surface area contributed by atoms with Crippen molar-refractivity contribution >= 4 is 19.8 Å². The van der Waals surface area contributed by atoms with Gasteiger partial charge in [0, 0.05) is 0 Å². The summed E-state index contributed by atoms with van der Waals surface area (Å²) in [5.74, 6) is -0.644.